The summed E-state index contributed by atoms with van der Waals surface area (Å²) in [6, 6.07) is 0. The molecule has 11 heteroatoms. The Morgan fingerprint density at radius 3 is 2.50 bits per heavy atom. The van der Waals surface area contributed by atoms with Gasteiger partial charge in [0.25, 0.3) is 0 Å². The average Bonchev–Trinajstić information content (AvgIpc) is 2.46. The molecule has 1 aromatic rings. The van der Waals surface area contributed by atoms with E-state index in [1.807, 2.05) is 0 Å². The highest BCUT2D eigenvalue weighted by atomic mass is 32.2. The molecule has 1 aliphatic rings. The fraction of sp³-hybridized carbons (Fsp3) is 0.667. The van der Waals surface area contributed by atoms with E-state index in [9.17, 15) is 18.0 Å². The van der Waals surface area contributed by atoms with Gasteiger partial charge in [-0.1, -0.05) is 11.8 Å². The molecule has 1 aromatic heterocycles. The van der Waals surface area contributed by atoms with Gasteiger partial charge in [-0.05, 0) is 27.0 Å². The number of alkyl halides is 3. The summed E-state index contributed by atoms with van der Waals surface area (Å²) in [6.45, 7) is 5.04. The van der Waals surface area contributed by atoms with Gasteiger partial charge < -0.3 is 19.5 Å². The highest BCUT2D eigenvalue weighted by Crippen LogP contribution is 2.35. The van der Waals surface area contributed by atoms with Crippen LogP contribution in [0.25, 0.3) is 0 Å². The van der Waals surface area contributed by atoms with Crippen LogP contribution in [0.5, 0.6) is 5.88 Å². The zero-order valence-corrected chi connectivity index (χ0v) is 15.6. The molecule has 2 heterocycles. The van der Waals surface area contributed by atoms with Crippen molar-refractivity contribution in [2.24, 2.45) is 0 Å². The lowest BCUT2D eigenvalue weighted by molar-refractivity contribution is -0.141. The number of amides is 1. The van der Waals surface area contributed by atoms with Gasteiger partial charge in [-0.25, -0.2) is 9.78 Å². The first-order valence-corrected chi connectivity index (χ1v) is 8.86. The number of halogens is 3. The van der Waals surface area contributed by atoms with Crippen molar-refractivity contribution in [1.82, 2.24) is 15.3 Å². The maximum atomic E-state index is 13.1. The molecule has 0 aromatic carbocycles. The minimum atomic E-state index is -4.66. The molecule has 0 aliphatic carbocycles. The van der Waals surface area contributed by atoms with Crippen molar-refractivity contribution in [2.45, 2.75) is 43.2 Å². The van der Waals surface area contributed by atoms with Crippen LogP contribution in [-0.4, -0.2) is 53.3 Å². The molecule has 1 aliphatic heterocycles. The van der Waals surface area contributed by atoms with E-state index in [2.05, 4.69) is 15.3 Å². The van der Waals surface area contributed by atoms with Gasteiger partial charge in [0.15, 0.2) is 5.16 Å². The summed E-state index contributed by atoms with van der Waals surface area (Å²) in [5.74, 6) is -0.589. The monoisotopic (exact) mass is 395 g/mol. The highest BCUT2D eigenvalue weighted by molar-refractivity contribution is 7.98. The summed E-state index contributed by atoms with van der Waals surface area (Å²) in [5.41, 5.74) is -2.77. The second-order valence-corrected chi connectivity index (χ2v) is 7.54. The van der Waals surface area contributed by atoms with Crippen molar-refractivity contribution in [3.8, 4) is 5.88 Å². The number of nitrogens with one attached hydrogen (secondary N) is 1. The Morgan fingerprint density at radius 1 is 1.38 bits per heavy atom. The van der Waals surface area contributed by atoms with Gasteiger partial charge in [-0.2, -0.15) is 18.2 Å². The van der Waals surface area contributed by atoms with E-state index < -0.39 is 34.9 Å². The quantitative estimate of drug-likeness (QED) is 0.606. The van der Waals surface area contributed by atoms with Crippen LogP contribution in [-0.2, 0) is 15.7 Å². The third kappa shape index (κ3) is 5.37. The Balaban J connectivity index is 2.12. The number of carbonyl (C=O) groups excluding carboxylic acids is 1. The van der Waals surface area contributed by atoms with Crippen LogP contribution < -0.4 is 10.1 Å². The lowest BCUT2D eigenvalue weighted by Gasteiger charge is -2.41. The van der Waals surface area contributed by atoms with Crippen LogP contribution >= 0.6 is 11.8 Å². The van der Waals surface area contributed by atoms with Gasteiger partial charge in [-0.15, -0.1) is 0 Å². The number of hydrogen-bond acceptors (Lipinski definition) is 7. The smallest absolute Gasteiger partial charge is 0.423 e. The van der Waals surface area contributed by atoms with Gasteiger partial charge in [0.1, 0.15) is 23.3 Å². The normalized spacial score (nSPS) is 16.6. The minimum absolute atomic E-state index is 0.0913. The largest absolute Gasteiger partial charge is 0.474 e. The Hall–Kier alpha value is -1.75. The molecule has 1 N–H and O–H groups in total. The summed E-state index contributed by atoms with van der Waals surface area (Å²) in [6.07, 6.45) is -3.04. The average molecular weight is 395 g/mol. The molecule has 0 saturated carbocycles. The second kappa shape index (κ2) is 7.47. The molecule has 26 heavy (non-hydrogen) atoms. The number of alkyl carbamates (subject to hydrolysis) is 1. The number of nitrogens with zero attached hydrogens (tertiary/aromatic N) is 2. The molecule has 1 amide bonds. The Bertz CT molecular complexity index is 661. The van der Waals surface area contributed by atoms with Crippen molar-refractivity contribution >= 4 is 17.9 Å². The van der Waals surface area contributed by atoms with Gasteiger partial charge in [0.2, 0.25) is 5.88 Å². The number of aromatic nitrogens is 2. The van der Waals surface area contributed by atoms with Crippen molar-refractivity contribution in [1.29, 1.82) is 0 Å². The summed E-state index contributed by atoms with van der Waals surface area (Å²) < 4.78 is 54.9. The van der Waals surface area contributed by atoms with Crippen LogP contribution in [0, 0.1) is 0 Å². The molecular formula is C15H20F3N3O4S. The van der Waals surface area contributed by atoms with E-state index in [4.69, 9.17) is 14.2 Å². The molecule has 146 valence electrons. The van der Waals surface area contributed by atoms with Gasteiger partial charge in [0.05, 0.1) is 13.2 Å². The fourth-order valence-corrected chi connectivity index (χ4v) is 2.35. The Kier molecular flexibility index (Phi) is 5.91. The first kappa shape index (κ1) is 20.6. The predicted octanol–water partition coefficient (Wildman–Crippen LogP) is 2.89. The molecule has 1 saturated heterocycles. The number of thioether (sulfide) groups is 1. The SMILES string of the molecule is CSc1ncc(C(F)(F)F)c(OCC2(NC(=O)OC(C)(C)C)COC2)n1. The zero-order valence-electron chi connectivity index (χ0n) is 14.8. The van der Waals surface area contributed by atoms with Crippen molar-refractivity contribution in [2.75, 3.05) is 26.1 Å². The minimum Gasteiger partial charge on any atom is -0.474 e. The van der Waals surface area contributed by atoms with E-state index >= 15 is 0 Å². The lowest BCUT2D eigenvalue weighted by atomic mass is 9.99. The fourth-order valence-electron chi connectivity index (χ4n) is 2.02. The van der Waals surface area contributed by atoms with Gasteiger partial charge in [-0.3, -0.25) is 0 Å². The summed E-state index contributed by atoms with van der Waals surface area (Å²) >= 11 is 1.09. The number of carbonyl (C=O) groups is 1. The standard InChI is InChI=1S/C15H20F3N3O4S/c1-13(2,3)25-12(22)21-14(6-23-7-14)8-24-10-9(15(16,17)18)5-19-11(20-10)26-4/h5H,6-8H2,1-4H3,(H,21,22). The summed E-state index contributed by atoms with van der Waals surface area (Å²) in [7, 11) is 0. The van der Waals surface area contributed by atoms with Crippen LogP contribution in [0.1, 0.15) is 26.3 Å². The third-order valence-electron chi connectivity index (χ3n) is 3.23. The van der Waals surface area contributed by atoms with E-state index in [-0.39, 0.29) is 25.0 Å². The maximum absolute atomic E-state index is 13.1. The molecular weight excluding hydrogens is 375 g/mol. The van der Waals surface area contributed by atoms with E-state index in [0.29, 0.717) is 6.20 Å². The number of ether oxygens (including phenoxy) is 3. The Morgan fingerprint density at radius 2 is 2.04 bits per heavy atom. The first-order valence-electron chi connectivity index (χ1n) is 7.64. The molecule has 0 unspecified atom stereocenters. The van der Waals surface area contributed by atoms with E-state index in [1.54, 1.807) is 27.0 Å². The second-order valence-electron chi connectivity index (χ2n) is 6.76. The third-order valence-corrected chi connectivity index (χ3v) is 3.79. The lowest BCUT2D eigenvalue weighted by Crippen LogP contribution is -2.66. The molecule has 7 nitrogen and oxygen atoms in total. The number of hydrogen-bond donors (Lipinski definition) is 1. The zero-order chi connectivity index (χ0) is 19.6. The van der Waals surface area contributed by atoms with Crippen molar-refractivity contribution in [3.63, 3.8) is 0 Å². The van der Waals surface area contributed by atoms with Gasteiger partial charge >= 0.3 is 12.3 Å². The van der Waals surface area contributed by atoms with E-state index in [1.165, 1.54) is 0 Å². The number of rotatable bonds is 5. The summed E-state index contributed by atoms with van der Waals surface area (Å²) in [5, 5.41) is 2.75. The molecule has 0 spiro atoms. The van der Waals surface area contributed by atoms with Crippen LogP contribution in [0.15, 0.2) is 11.4 Å². The van der Waals surface area contributed by atoms with Crippen LogP contribution in [0.2, 0.25) is 0 Å². The van der Waals surface area contributed by atoms with Crippen molar-refractivity contribution < 1.29 is 32.2 Å². The molecule has 0 atom stereocenters. The molecule has 2 rings (SSSR count). The highest BCUT2D eigenvalue weighted by Gasteiger charge is 2.43. The Labute approximate surface area is 153 Å². The molecule has 0 bridgehead atoms. The first-order chi connectivity index (χ1) is 11.9. The predicted molar refractivity (Wildman–Crippen MR) is 87.2 cm³/mol. The van der Waals surface area contributed by atoms with Crippen molar-refractivity contribution in [3.05, 3.63) is 11.8 Å². The van der Waals surface area contributed by atoms with Gasteiger partial charge in [0, 0.05) is 6.20 Å². The molecule has 0 radical (unpaired) electrons. The summed E-state index contributed by atoms with van der Waals surface area (Å²) in [4.78, 5) is 19.4. The maximum Gasteiger partial charge on any atom is 0.423 e. The molecule has 1 fully saturated rings. The van der Waals surface area contributed by atoms with Crippen LogP contribution in [0.3, 0.4) is 0 Å². The topological polar surface area (TPSA) is 82.6 Å². The van der Waals surface area contributed by atoms with E-state index in [0.717, 1.165) is 11.8 Å². The van der Waals surface area contributed by atoms with Crippen LogP contribution in [0.4, 0.5) is 18.0 Å².